The highest BCUT2D eigenvalue weighted by atomic mass is 32.2. The molecule has 1 heterocycles. The number of benzene rings is 2. The number of hydrogen-bond acceptors (Lipinski definition) is 7. The zero-order chi connectivity index (χ0) is 28.4. The van der Waals surface area contributed by atoms with E-state index in [2.05, 4.69) is 33.3 Å². The van der Waals surface area contributed by atoms with Gasteiger partial charge in [0.1, 0.15) is 11.6 Å². The molecule has 0 radical (unpaired) electrons. The Labute approximate surface area is 231 Å². The van der Waals surface area contributed by atoms with Gasteiger partial charge in [0.15, 0.2) is 5.13 Å². The van der Waals surface area contributed by atoms with Crippen LogP contribution in [0.4, 0.5) is 13.9 Å². The number of thiazole rings is 1. The van der Waals surface area contributed by atoms with Crippen molar-refractivity contribution in [1.29, 1.82) is 0 Å². The fourth-order valence-corrected chi connectivity index (χ4v) is 6.12. The maximum absolute atomic E-state index is 13.8. The molecule has 3 aromatic rings. The van der Waals surface area contributed by atoms with E-state index in [4.69, 9.17) is 0 Å². The summed E-state index contributed by atoms with van der Waals surface area (Å²) in [6.07, 6.45) is 0.119. The number of hydrogen-bond donors (Lipinski definition) is 4. The Bertz CT molecular complexity index is 1330. The number of aryl methyl sites for hydroxylation is 1. The number of aliphatic hydroxyl groups excluding tert-OH is 1. The molecular weight excluding hydrogens is 546 g/mol. The minimum Gasteiger partial charge on any atom is -0.390 e. The van der Waals surface area contributed by atoms with Crippen molar-refractivity contribution in [2.75, 3.05) is 17.0 Å². The Morgan fingerprint density at radius 3 is 2.49 bits per heavy atom. The first-order chi connectivity index (χ1) is 18.6. The number of amides is 1. The quantitative estimate of drug-likeness (QED) is 0.218. The molecule has 0 saturated heterocycles. The third kappa shape index (κ3) is 10.3. The van der Waals surface area contributed by atoms with Gasteiger partial charge >= 0.3 is 0 Å². The first-order valence-electron chi connectivity index (χ1n) is 12.7. The van der Waals surface area contributed by atoms with E-state index in [1.54, 1.807) is 12.3 Å². The van der Waals surface area contributed by atoms with Crippen LogP contribution in [0.3, 0.4) is 0 Å². The predicted molar refractivity (Wildman–Crippen MR) is 149 cm³/mol. The van der Waals surface area contributed by atoms with E-state index in [0.29, 0.717) is 18.7 Å². The monoisotopic (exact) mass is 580 g/mol. The van der Waals surface area contributed by atoms with E-state index in [0.717, 1.165) is 41.5 Å². The van der Waals surface area contributed by atoms with E-state index < -0.39 is 39.7 Å². The SMILES string of the molecule is CCCS(=O)(=O)Nc1nc(CC(=O)N[C@@H](Cc2cc(F)cc(F)c2)[C@H](O)CNCc2cccc(CC)c2)cs1. The van der Waals surface area contributed by atoms with Gasteiger partial charge in [0.2, 0.25) is 15.9 Å². The Morgan fingerprint density at radius 2 is 1.79 bits per heavy atom. The number of aromatic nitrogens is 1. The molecule has 12 heteroatoms. The number of aliphatic hydroxyl groups is 1. The molecule has 1 amide bonds. The summed E-state index contributed by atoms with van der Waals surface area (Å²) < 4.78 is 53.9. The van der Waals surface area contributed by atoms with Crippen molar-refractivity contribution < 1.29 is 27.1 Å². The third-order valence-electron chi connectivity index (χ3n) is 5.88. The van der Waals surface area contributed by atoms with Crippen LogP contribution in [0.1, 0.15) is 42.7 Å². The normalized spacial score (nSPS) is 13.2. The van der Waals surface area contributed by atoms with E-state index in [-0.39, 0.29) is 35.8 Å². The Hall–Kier alpha value is -2.93. The summed E-state index contributed by atoms with van der Waals surface area (Å²) in [5.74, 6) is -2.02. The second kappa shape index (κ2) is 14.5. The number of sulfonamides is 1. The highest BCUT2D eigenvalue weighted by Crippen LogP contribution is 2.18. The van der Waals surface area contributed by atoms with Crippen LogP contribution in [0.2, 0.25) is 0 Å². The summed E-state index contributed by atoms with van der Waals surface area (Å²) in [7, 11) is -3.51. The van der Waals surface area contributed by atoms with Crippen LogP contribution in [0.5, 0.6) is 0 Å². The summed E-state index contributed by atoms with van der Waals surface area (Å²) in [4.78, 5) is 17.0. The molecule has 0 saturated carbocycles. The van der Waals surface area contributed by atoms with Crippen LogP contribution < -0.4 is 15.4 Å². The van der Waals surface area contributed by atoms with Crippen LogP contribution in [0.25, 0.3) is 0 Å². The van der Waals surface area contributed by atoms with Gasteiger partial charge in [-0.1, -0.05) is 38.1 Å². The predicted octanol–water partition coefficient (Wildman–Crippen LogP) is 3.56. The second-order valence-electron chi connectivity index (χ2n) is 9.27. The smallest absolute Gasteiger partial charge is 0.234 e. The lowest BCUT2D eigenvalue weighted by Crippen LogP contribution is -2.49. The fourth-order valence-electron chi connectivity index (χ4n) is 4.04. The van der Waals surface area contributed by atoms with Gasteiger partial charge in [-0.15, -0.1) is 11.3 Å². The number of nitrogens with one attached hydrogen (secondary N) is 3. The molecule has 4 N–H and O–H groups in total. The molecule has 3 rings (SSSR count). The summed E-state index contributed by atoms with van der Waals surface area (Å²) in [5.41, 5.74) is 2.87. The van der Waals surface area contributed by atoms with Crippen molar-refractivity contribution >= 4 is 32.4 Å². The Morgan fingerprint density at radius 1 is 1.08 bits per heavy atom. The maximum atomic E-state index is 13.8. The van der Waals surface area contributed by atoms with Crippen LogP contribution in [0, 0.1) is 11.6 Å². The summed E-state index contributed by atoms with van der Waals surface area (Å²) in [6, 6.07) is 10.3. The van der Waals surface area contributed by atoms with Gasteiger partial charge in [-0.2, -0.15) is 0 Å². The zero-order valence-electron chi connectivity index (χ0n) is 21.9. The lowest BCUT2D eigenvalue weighted by Gasteiger charge is -2.25. The van der Waals surface area contributed by atoms with Gasteiger partial charge in [0.25, 0.3) is 0 Å². The van der Waals surface area contributed by atoms with Gasteiger partial charge < -0.3 is 15.7 Å². The van der Waals surface area contributed by atoms with Gasteiger partial charge in [0, 0.05) is 24.5 Å². The van der Waals surface area contributed by atoms with Crippen LogP contribution in [0.15, 0.2) is 47.8 Å². The molecule has 2 aromatic carbocycles. The first-order valence-corrected chi connectivity index (χ1v) is 15.3. The molecule has 212 valence electrons. The summed E-state index contributed by atoms with van der Waals surface area (Å²) >= 11 is 1.06. The van der Waals surface area contributed by atoms with Crippen molar-refractivity contribution in [1.82, 2.24) is 15.6 Å². The highest BCUT2D eigenvalue weighted by molar-refractivity contribution is 7.92. The van der Waals surface area contributed by atoms with Crippen LogP contribution >= 0.6 is 11.3 Å². The summed E-state index contributed by atoms with van der Waals surface area (Å²) in [5, 5.41) is 18.6. The molecule has 0 aliphatic rings. The summed E-state index contributed by atoms with van der Waals surface area (Å²) in [6.45, 7) is 4.43. The molecule has 0 aliphatic heterocycles. The molecule has 0 spiro atoms. The number of nitrogens with zero attached hydrogens (tertiary/aromatic N) is 1. The van der Waals surface area contributed by atoms with Gasteiger partial charge in [-0.3, -0.25) is 9.52 Å². The van der Waals surface area contributed by atoms with E-state index in [9.17, 15) is 27.1 Å². The number of anilines is 1. The fraction of sp³-hybridized carbons (Fsp3) is 0.407. The molecule has 1 aromatic heterocycles. The third-order valence-corrected chi connectivity index (χ3v) is 8.27. The lowest BCUT2D eigenvalue weighted by atomic mass is 10.00. The molecule has 0 unspecified atom stereocenters. The Balaban J connectivity index is 1.65. The minimum absolute atomic E-state index is 0.00623. The minimum atomic E-state index is -3.51. The molecule has 39 heavy (non-hydrogen) atoms. The van der Waals surface area contributed by atoms with Gasteiger partial charge in [0.05, 0.1) is 30.0 Å². The number of carbonyl (C=O) groups excluding carboxylic acids is 1. The van der Waals surface area contributed by atoms with Crippen molar-refractivity contribution in [2.24, 2.45) is 0 Å². The van der Waals surface area contributed by atoms with E-state index in [1.807, 2.05) is 18.2 Å². The number of carbonyl (C=O) groups is 1. The second-order valence-corrected chi connectivity index (χ2v) is 12.0. The van der Waals surface area contributed by atoms with Crippen molar-refractivity contribution in [2.45, 2.75) is 58.2 Å². The van der Waals surface area contributed by atoms with Gasteiger partial charge in [-0.05, 0) is 48.1 Å². The molecule has 0 bridgehead atoms. The van der Waals surface area contributed by atoms with Crippen molar-refractivity contribution in [3.63, 3.8) is 0 Å². The average Bonchev–Trinajstić information content (AvgIpc) is 3.28. The average molecular weight is 581 g/mol. The standard InChI is InChI=1S/C27H34F2N4O4S2/c1-3-8-39(36,37)33-27-31-23(17-38-27)14-26(35)32-24(12-20-10-21(28)13-22(29)11-20)25(34)16-30-15-19-7-5-6-18(4-2)9-19/h5-7,9-11,13,17,24-25,30,34H,3-4,8,12,14-16H2,1-2H3,(H,31,33)(H,32,35)/t24-,25+/m0/s1. The van der Waals surface area contributed by atoms with Crippen molar-refractivity contribution in [3.05, 3.63) is 81.9 Å². The first kappa shape index (κ1) is 30.6. The molecular formula is C27H34F2N4O4S2. The van der Waals surface area contributed by atoms with Crippen molar-refractivity contribution in [3.8, 4) is 0 Å². The zero-order valence-corrected chi connectivity index (χ0v) is 23.5. The van der Waals surface area contributed by atoms with Gasteiger partial charge in [-0.25, -0.2) is 22.2 Å². The van der Waals surface area contributed by atoms with E-state index >= 15 is 0 Å². The van der Waals surface area contributed by atoms with Crippen LogP contribution in [-0.4, -0.2) is 48.9 Å². The topological polar surface area (TPSA) is 120 Å². The lowest BCUT2D eigenvalue weighted by molar-refractivity contribution is -0.122. The van der Waals surface area contributed by atoms with E-state index in [1.165, 1.54) is 5.56 Å². The Kier molecular flexibility index (Phi) is 11.3. The molecule has 0 aliphatic carbocycles. The molecule has 0 fully saturated rings. The highest BCUT2D eigenvalue weighted by Gasteiger charge is 2.23. The molecule has 8 nitrogen and oxygen atoms in total. The molecule has 2 atom stereocenters. The number of rotatable bonds is 15. The largest absolute Gasteiger partial charge is 0.390 e. The number of halogens is 2. The van der Waals surface area contributed by atoms with Crippen LogP contribution in [-0.2, 0) is 40.6 Å². The maximum Gasteiger partial charge on any atom is 0.234 e.